The lowest BCUT2D eigenvalue weighted by atomic mass is 10.1. The molecule has 6 nitrogen and oxygen atoms in total. The largest absolute Gasteiger partial charge is 0.379 e. The zero-order chi connectivity index (χ0) is 18.2. The van der Waals surface area contributed by atoms with Crippen LogP contribution in [-0.2, 0) is 10.1 Å². The van der Waals surface area contributed by atoms with E-state index in [0.29, 0.717) is 28.4 Å². The summed E-state index contributed by atoms with van der Waals surface area (Å²) < 4.78 is 35.5. The molecule has 0 atom stereocenters. The van der Waals surface area contributed by atoms with Gasteiger partial charge in [-0.25, -0.2) is 0 Å². The molecule has 3 aromatic rings. The van der Waals surface area contributed by atoms with E-state index < -0.39 is 10.1 Å². The van der Waals surface area contributed by atoms with Crippen molar-refractivity contribution < 1.29 is 17.1 Å². The van der Waals surface area contributed by atoms with E-state index in [1.807, 2.05) is 19.1 Å². The average molecular weight is 358 g/mol. The van der Waals surface area contributed by atoms with Crippen LogP contribution in [0.15, 0.2) is 45.8 Å². The Morgan fingerprint density at radius 1 is 0.960 bits per heavy atom. The van der Waals surface area contributed by atoms with Gasteiger partial charge in [-0.1, -0.05) is 22.9 Å². The molecule has 7 heteroatoms. The Bertz CT molecular complexity index is 998. The highest BCUT2D eigenvalue weighted by atomic mass is 32.2. The molecule has 0 amide bonds. The third-order valence-electron chi connectivity index (χ3n) is 3.70. The summed E-state index contributed by atoms with van der Waals surface area (Å²) in [5.74, 6) is 1.13. The lowest BCUT2D eigenvalue weighted by molar-refractivity contribution is 0.394. The molecule has 0 aliphatic rings. The standard InChI is InChI=1S/C18H18N2O4S/c1-11-9-12(2)17(13(3)10-11)25(21,22)24-16-7-5-15(6-8-16)18-19-14(4)23-20-18/h5-10H,1-4H3. The Kier molecular flexibility index (Phi) is 4.34. The number of hydrogen-bond acceptors (Lipinski definition) is 6. The van der Waals surface area contributed by atoms with Gasteiger partial charge in [0.25, 0.3) is 0 Å². The molecule has 0 unspecified atom stereocenters. The van der Waals surface area contributed by atoms with Crippen molar-refractivity contribution in [3.8, 4) is 17.1 Å². The van der Waals surface area contributed by atoms with E-state index in [4.69, 9.17) is 8.71 Å². The topological polar surface area (TPSA) is 82.3 Å². The highest BCUT2D eigenvalue weighted by Gasteiger charge is 2.22. The van der Waals surface area contributed by atoms with Crippen molar-refractivity contribution in [1.82, 2.24) is 10.1 Å². The van der Waals surface area contributed by atoms with Crippen LogP contribution in [0.2, 0.25) is 0 Å². The minimum atomic E-state index is -3.91. The number of nitrogens with zero attached hydrogens (tertiary/aromatic N) is 2. The molecule has 2 aromatic carbocycles. The Morgan fingerprint density at radius 2 is 1.56 bits per heavy atom. The summed E-state index contributed by atoms with van der Waals surface area (Å²) in [5, 5.41) is 3.82. The molecule has 25 heavy (non-hydrogen) atoms. The molecule has 0 saturated heterocycles. The van der Waals surface area contributed by atoms with Gasteiger partial charge in [-0.3, -0.25) is 0 Å². The molecule has 1 aromatic heterocycles. The van der Waals surface area contributed by atoms with Crippen molar-refractivity contribution in [2.45, 2.75) is 32.6 Å². The molecule has 130 valence electrons. The van der Waals surface area contributed by atoms with E-state index in [2.05, 4.69) is 10.1 Å². The normalized spacial score (nSPS) is 11.5. The monoisotopic (exact) mass is 358 g/mol. The van der Waals surface area contributed by atoms with Crippen molar-refractivity contribution in [2.24, 2.45) is 0 Å². The minimum absolute atomic E-state index is 0.205. The lowest BCUT2D eigenvalue weighted by Gasteiger charge is -2.13. The van der Waals surface area contributed by atoms with Crippen LogP contribution in [0.1, 0.15) is 22.6 Å². The van der Waals surface area contributed by atoms with E-state index in [9.17, 15) is 8.42 Å². The van der Waals surface area contributed by atoms with Gasteiger partial charge in [-0.05, 0) is 56.2 Å². The first kappa shape index (κ1) is 17.2. The Hall–Kier alpha value is -2.67. The summed E-state index contributed by atoms with van der Waals surface area (Å²) in [6, 6.07) is 10.2. The first-order valence-corrected chi connectivity index (χ1v) is 9.10. The molecule has 0 fully saturated rings. The second kappa shape index (κ2) is 6.33. The Labute approximate surface area is 146 Å². The smallest absolute Gasteiger partial charge is 0.339 e. The third-order valence-corrected chi connectivity index (χ3v) is 5.26. The summed E-state index contributed by atoms with van der Waals surface area (Å²) in [5.41, 5.74) is 3.05. The number of benzene rings is 2. The fourth-order valence-electron chi connectivity index (χ4n) is 2.81. The molecule has 0 spiro atoms. The molecule has 0 bridgehead atoms. The van der Waals surface area contributed by atoms with Gasteiger partial charge in [0.15, 0.2) is 0 Å². The third kappa shape index (κ3) is 3.56. The summed E-state index contributed by atoms with van der Waals surface area (Å²) in [7, 11) is -3.91. The molecule has 0 saturated carbocycles. The maximum Gasteiger partial charge on any atom is 0.339 e. The molecule has 0 aliphatic carbocycles. The zero-order valence-corrected chi connectivity index (χ0v) is 15.2. The summed E-state index contributed by atoms with van der Waals surface area (Å²) >= 11 is 0. The Balaban J connectivity index is 1.89. The van der Waals surface area contributed by atoms with Gasteiger partial charge in [0.05, 0.1) is 0 Å². The van der Waals surface area contributed by atoms with Crippen LogP contribution >= 0.6 is 0 Å². The van der Waals surface area contributed by atoms with E-state index in [0.717, 1.165) is 5.56 Å². The molecule has 1 heterocycles. The predicted molar refractivity (Wildman–Crippen MR) is 92.9 cm³/mol. The van der Waals surface area contributed by atoms with Crippen LogP contribution in [-0.4, -0.2) is 18.6 Å². The maximum atomic E-state index is 12.7. The van der Waals surface area contributed by atoms with Crippen LogP contribution in [0, 0.1) is 27.7 Å². The highest BCUT2D eigenvalue weighted by Crippen LogP contribution is 2.27. The summed E-state index contributed by atoms with van der Waals surface area (Å²) in [4.78, 5) is 4.33. The first-order chi connectivity index (χ1) is 11.8. The predicted octanol–water partition coefficient (Wildman–Crippen LogP) is 3.74. The van der Waals surface area contributed by atoms with E-state index in [-0.39, 0.29) is 10.6 Å². The molecule has 0 aliphatic heterocycles. The fraction of sp³-hybridized carbons (Fsp3) is 0.222. The highest BCUT2D eigenvalue weighted by molar-refractivity contribution is 7.87. The average Bonchev–Trinajstić information content (AvgIpc) is 2.92. The van der Waals surface area contributed by atoms with E-state index in [1.165, 1.54) is 0 Å². The SMILES string of the molecule is Cc1cc(C)c(S(=O)(=O)Oc2ccc(-c3noc(C)n3)cc2)c(C)c1. The van der Waals surface area contributed by atoms with Crippen LogP contribution < -0.4 is 4.18 Å². The molecule has 3 rings (SSSR count). The van der Waals surface area contributed by atoms with Crippen molar-refractivity contribution in [3.05, 3.63) is 59.0 Å². The fourth-order valence-corrected chi connectivity index (χ4v) is 4.16. The van der Waals surface area contributed by atoms with Crippen LogP contribution in [0.3, 0.4) is 0 Å². The van der Waals surface area contributed by atoms with Gasteiger partial charge in [0.2, 0.25) is 11.7 Å². The van der Waals surface area contributed by atoms with Gasteiger partial charge in [-0.2, -0.15) is 13.4 Å². The number of rotatable bonds is 4. The Morgan fingerprint density at radius 3 is 2.08 bits per heavy atom. The number of aryl methyl sites for hydroxylation is 4. The van der Waals surface area contributed by atoms with Gasteiger partial charge < -0.3 is 8.71 Å². The van der Waals surface area contributed by atoms with Crippen molar-refractivity contribution in [1.29, 1.82) is 0 Å². The van der Waals surface area contributed by atoms with Gasteiger partial charge in [0.1, 0.15) is 10.6 Å². The second-order valence-electron chi connectivity index (χ2n) is 5.93. The molecule has 0 radical (unpaired) electrons. The molecule has 0 N–H and O–H groups in total. The van der Waals surface area contributed by atoms with Gasteiger partial charge in [-0.15, -0.1) is 0 Å². The minimum Gasteiger partial charge on any atom is -0.379 e. The van der Waals surface area contributed by atoms with E-state index in [1.54, 1.807) is 45.0 Å². The summed E-state index contributed by atoms with van der Waals surface area (Å²) in [6.07, 6.45) is 0. The maximum absolute atomic E-state index is 12.7. The quantitative estimate of drug-likeness (QED) is 0.661. The zero-order valence-electron chi connectivity index (χ0n) is 14.4. The molecular weight excluding hydrogens is 340 g/mol. The number of aromatic nitrogens is 2. The van der Waals surface area contributed by atoms with Crippen LogP contribution in [0.5, 0.6) is 5.75 Å². The second-order valence-corrected chi connectivity index (χ2v) is 7.41. The van der Waals surface area contributed by atoms with Crippen molar-refractivity contribution in [2.75, 3.05) is 0 Å². The van der Waals surface area contributed by atoms with Crippen LogP contribution in [0.25, 0.3) is 11.4 Å². The summed E-state index contributed by atoms with van der Waals surface area (Å²) in [6.45, 7) is 7.15. The number of hydrogen-bond donors (Lipinski definition) is 0. The van der Waals surface area contributed by atoms with Gasteiger partial charge >= 0.3 is 10.1 Å². The van der Waals surface area contributed by atoms with E-state index >= 15 is 0 Å². The first-order valence-electron chi connectivity index (χ1n) is 7.69. The lowest BCUT2D eigenvalue weighted by Crippen LogP contribution is -2.13. The van der Waals surface area contributed by atoms with Gasteiger partial charge in [0, 0.05) is 12.5 Å². The van der Waals surface area contributed by atoms with Crippen molar-refractivity contribution in [3.63, 3.8) is 0 Å². The molecular formula is C18H18N2O4S. The van der Waals surface area contributed by atoms with Crippen molar-refractivity contribution >= 4 is 10.1 Å². The van der Waals surface area contributed by atoms with Crippen LogP contribution in [0.4, 0.5) is 0 Å².